The first-order valence-electron chi connectivity index (χ1n) is 13.6. The van der Waals surface area contributed by atoms with E-state index in [0.717, 1.165) is 13.0 Å². The summed E-state index contributed by atoms with van der Waals surface area (Å²) in [5.74, 6) is 1.74. The zero-order valence-electron chi connectivity index (χ0n) is 21.6. The van der Waals surface area contributed by atoms with E-state index >= 15 is 0 Å². The number of nitrogens with zero attached hydrogens (tertiary/aromatic N) is 3. The van der Waals surface area contributed by atoms with Gasteiger partial charge in [0.2, 0.25) is 0 Å². The van der Waals surface area contributed by atoms with Gasteiger partial charge in [0.25, 0.3) is 0 Å². The van der Waals surface area contributed by atoms with Crippen LogP contribution >= 0.6 is 0 Å². The molecule has 3 aliphatic rings. The monoisotopic (exact) mass is 471 g/mol. The van der Waals surface area contributed by atoms with Crippen molar-refractivity contribution in [1.82, 2.24) is 15.0 Å². The first-order chi connectivity index (χ1) is 16.2. The van der Waals surface area contributed by atoms with Crippen molar-refractivity contribution in [2.45, 2.75) is 116 Å². The van der Waals surface area contributed by atoms with Gasteiger partial charge in [-0.15, -0.1) is 5.10 Å². The van der Waals surface area contributed by atoms with Crippen molar-refractivity contribution in [3.05, 3.63) is 35.2 Å². The van der Waals surface area contributed by atoms with Gasteiger partial charge >= 0.3 is 0 Å². The average Bonchev–Trinajstić information content (AvgIpc) is 3.41. The number of fused-ring (bicyclic) bond motifs is 1. The second-order valence-electron chi connectivity index (χ2n) is 11.7. The van der Waals surface area contributed by atoms with Crippen molar-refractivity contribution in [1.29, 1.82) is 0 Å². The lowest BCUT2D eigenvalue weighted by atomic mass is 9.61. The Morgan fingerprint density at radius 1 is 1.18 bits per heavy atom. The van der Waals surface area contributed by atoms with Crippen LogP contribution in [0.1, 0.15) is 97.6 Å². The van der Waals surface area contributed by atoms with Crippen LogP contribution < -0.4 is 0 Å². The lowest BCUT2D eigenvalue weighted by molar-refractivity contribution is 0.0238. The number of aromatic nitrogens is 3. The number of hydrogen-bond acceptors (Lipinski definition) is 5. The Hall–Kier alpha value is -1.50. The predicted octanol–water partition coefficient (Wildman–Crippen LogP) is 4.90. The molecule has 34 heavy (non-hydrogen) atoms. The quantitative estimate of drug-likeness (QED) is 0.526. The molecule has 190 valence electrons. The molecule has 3 N–H and O–H groups in total. The third kappa shape index (κ3) is 5.05. The first kappa shape index (κ1) is 25.6. The SMILES string of the molecule is CCC(O)(CC)c1cn(C[C@@H](C)[C@H]2CC[C@H]3C(=CC=C4C[C@@H](O)C[C@H](O)C4)CCC[C@]23C)nn1. The number of rotatable bonds is 7. The fourth-order valence-electron chi connectivity index (χ4n) is 7.38. The lowest BCUT2D eigenvalue weighted by Gasteiger charge is -2.44. The minimum absolute atomic E-state index is 0.296. The van der Waals surface area contributed by atoms with Gasteiger partial charge in [-0.1, -0.05) is 56.2 Å². The molecule has 0 unspecified atom stereocenters. The van der Waals surface area contributed by atoms with E-state index in [0.29, 0.717) is 61.0 Å². The Morgan fingerprint density at radius 3 is 2.56 bits per heavy atom. The van der Waals surface area contributed by atoms with Crippen LogP contribution in [0.4, 0.5) is 0 Å². The molecule has 1 heterocycles. The highest BCUT2D eigenvalue weighted by molar-refractivity contribution is 5.26. The highest BCUT2D eigenvalue weighted by Gasteiger charge is 2.50. The highest BCUT2D eigenvalue weighted by Crippen LogP contribution is 2.59. The molecule has 3 aliphatic carbocycles. The van der Waals surface area contributed by atoms with Crippen molar-refractivity contribution in [2.75, 3.05) is 0 Å². The van der Waals surface area contributed by atoms with Crippen molar-refractivity contribution >= 4 is 0 Å². The maximum Gasteiger partial charge on any atom is 0.114 e. The van der Waals surface area contributed by atoms with E-state index in [9.17, 15) is 15.3 Å². The maximum atomic E-state index is 10.8. The van der Waals surface area contributed by atoms with Gasteiger partial charge < -0.3 is 15.3 Å². The normalized spacial score (nSPS) is 34.3. The topological polar surface area (TPSA) is 91.4 Å². The van der Waals surface area contributed by atoms with Crippen molar-refractivity contribution < 1.29 is 15.3 Å². The average molecular weight is 472 g/mol. The van der Waals surface area contributed by atoms with Crippen LogP contribution in [0.2, 0.25) is 0 Å². The maximum absolute atomic E-state index is 10.8. The number of aliphatic hydroxyl groups excluding tert-OH is 2. The van der Waals surface area contributed by atoms with E-state index in [2.05, 4.69) is 36.3 Å². The van der Waals surface area contributed by atoms with E-state index in [1.165, 1.54) is 31.3 Å². The molecule has 0 amide bonds. The van der Waals surface area contributed by atoms with Gasteiger partial charge in [-0.3, -0.25) is 4.68 Å². The Balaban J connectivity index is 1.46. The van der Waals surface area contributed by atoms with E-state index in [1.54, 1.807) is 5.57 Å². The van der Waals surface area contributed by atoms with Crippen molar-refractivity contribution in [3.8, 4) is 0 Å². The number of aliphatic hydroxyl groups is 3. The second-order valence-corrected chi connectivity index (χ2v) is 11.7. The van der Waals surface area contributed by atoms with Crippen LogP contribution in [-0.4, -0.2) is 42.5 Å². The standard InChI is InChI=1S/C28H45N3O3/c1-5-28(34,6-2)26-18-31(30-29-26)17-19(3)24-11-12-25-21(8-7-13-27(24,25)4)10-9-20-14-22(32)16-23(33)15-20/h9-10,18-19,22-25,32-34H,5-8,11-17H2,1-4H3/t19-,22-,23-,24-,25+,27-/m1/s1. The zero-order valence-corrected chi connectivity index (χ0v) is 21.6. The van der Waals surface area contributed by atoms with Crippen LogP contribution in [0.15, 0.2) is 29.5 Å². The van der Waals surface area contributed by atoms with Gasteiger partial charge in [0, 0.05) is 6.54 Å². The van der Waals surface area contributed by atoms with Gasteiger partial charge in [-0.2, -0.15) is 0 Å². The van der Waals surface area contributed by atoms with Crippen LogP contribution in [0.5, 0.6) is 0 Å². The van der Waals surface area contributed by atoms with Crippen LogP contribution in [0.3, 0.4) is 0 Å². The zero-order chi connectivity index (χ0) is 24.5. The summed E-state index contributed by atoms with van der Waals surface area (Å²) < 4.78 is 1.94. The molecule has 6 heteroatoms. The van der Waals surface area contributed by atoms with Gasteiger partial charge in [-0.25, -0.2) is 0 Å². The summed E-state index contributed by atoms with van der Waals surface area (Å²) in [5, 5.41) is 39.5. The molecule has 0 bridgehead atoms. The lowest BCUT2D eigenvalue weighted by Crippen LogP contribution is -2.37. The summed E-state index contributed by atoms with van der Waals surface area (Å²) >= 11 is 0. The molecule has 0 spiro atoms. The van der Waals surface area contributed by atoms with Crippen molar-refractivity contribution in [3.63, 3.8) is 0 Å². The molecule has 4 rings (SSSR count). The van der Waals surface area contributed by atoms with Gasteiger partial charge in [0.1, 0.15) is 11.3 Å². The highest BCUT2D eigenvalue weighted by atomic mass is 16.3. The molecule has 0 radical (unpaired) electrons. The van der Waals surface area contributed by atoms with Gasteiger partial charge in [0.05, 0.1) is 18.4 Å². The smallest absolute Gasteiger partial charge is 0.114 e. The first-order valence-corrected chi connectivity index (χ1v) is 13.6. The summed E-state index contributed by atoms with van der Waals surface area (Å²) in [6.45, 7) is 9.68. The molecular weight excluding hydrogens is 426 g/mol. The summed E-state index contributed by atoms with van der Waals surface area (Å²) in [6.07, 6.45) is 14.9. The summed E-state index contributed by atoms with van der Waals surface area (Å²) in [4.78, 5) is 0. The molecule has 0 saturated heterocycles. The third-order valence-corrected chi connectivity index (χ3v) is 9.46. The van der Waals surface area contributed by atoms with Gasteiger partial charge in [-0.05, 0) is 87.4 Å². The van der Waals surface area contributed by atoms with Gasteiger partial charge in [0.15, 0.2) is 0 Å². The van der Waals surface area contributed by atoms with E-state index < -0.39 is 17.8 Å². The largest absolute Gasteiger partial charge is 0.393 e. The molecule has 6 atom stereocenters. The number of hydrogen-bond donors (Lipinski definition) is 3. The molecule has 6 nitrogen and oxygen atoms in total. The van der Waals surface area contributed by atoms with E-state index in [1.807, 2.05) is 24.7 Å². The molecule has 0 aliphatic heterocycles. The fourth-order valence-corrected chi connectivity index (χ4v) is 7.38. The van der Waals surface area contributed by atoms with Crippen LogP contribution in [-0.2, 0) is 12.1 Å². The Kier molecular flexibility index (Phi) is 7.70. The van der Waals surface area contributed by atoms with Crippen LogP contribution in [0, 0.1) is 23.2 Å². The fraction of sp³-hybridized carbons (Fsp3) is 0.786. The molecule has 1 aromatic rings. The molecular formula is C28H45N3O3. The second kappa shape index (κ2) is 10.2. The van der Waals surface area contributed by atoms with Crippen LogP contribution in [0.25, 0.3) is 0 Å². The summed E-state index contributed by atoms with van der Waals surface area (Å²) in [7, 11) is 0. The Morgan fingerprint density at radius 2 is 1.88 bits per heavy atom. The third-order valence-electron chi connectivity index (χ3n) is 9.46. The summed E-state index contributed by atoms with van der Waals surface area (Å²) in [5.41, 5.74) is 2.84. The van der Waals surface area contributed by atoms with E-state index in [-0.39, 0.29) is 0 Å². The Labute approximate surface area is 205 Å². The molecule has 1 aromatic heterocycles. The molecule has 3 saturated carbocycles. The molecule has 0 aromatic carbocycles. The molecule has 3 fully saturated rings. The summed E-state index contributed by atoms with van der Waals surface area (Å²) in [6, 6.07) is 0. The minimum Gasteiger partial charge on any atom is -0.393 e. The Bertz CT molecular complexity index is 890. The van der Waals surface area contributed by atoms with Crippen molar-refractivity contribution in [2.24, 2.45) is 23.2 Å². The minimum atomic E-state index is -0.881. The number of allylic oxidation sites excluding steroid dienone is 3. The predicted molar refractivity (Wildman–Crippen MR) is 134 cm³/mol. The van der Waals surface area contributed by atoms with E-state index in [4.69, 9.17) is 0 Å².